The SMILES string of the molecule is C#CCOc1cc(-n2nc(C(C)(C)C)oc2=O)c(Cl)cc1Cl.CC(C)N1C(=O)c2ccccc2NS1(=O)=O. The number of benzene rings is 2. The van der Waals surface area contributed by atoms with Crippen LogP contribution in [0.25, 0.3) is 5.69 Å². The Labute approximate surface area is 230 Å². The van der Waals surface area contributed by atoms with Gasteiger partial charge < -0.3 is 9.15 Å². The number of carbonyl (C=O) groups excluding carboxylic acids is 1. The van der Waals surface area contributed by atoms with Gasteiger partial charge in [-0.15, -0.1) is 11.5 Å². The molecule has 0 unspecified atom stereocenters. The fourth-order valence-electron chi connectivity index (χ4n) is 3.33. The van der Waals surface area contributed by atoms with Crippen molar-refractivity contribution in [3.63, 3.8) is 0 Å². The number of aromatic nitrogens is 2. The highest BCUT2D eigenvalue weighted by Gasteiger charge is 2.36. The van der Waals surface area contributed by atoms with Crippen molar-refractivity contribution in [2.24, 2.45) is 0 Å². The molecular weight excluding hydrogens is 555 g/mol. The number of rotatable bonds is 4. The summed E-state index contributed by atoms with van der Waals surface area (Å²) in [5, 5.41) is 4.71. The average Bonchev–Trinajstić information content (AvgIpc) is 3.20. The van der Waals surface area contributed by atoms with E-state index < -0.39 is 33.3 Å². The normalized spacial score (nSPS) is 14.2. The van der Waals surface area contributed by atoms with Gasteiger partial charge in [0.05, 0.1) is 27.0 Å². The molecule has 1 aromatic heterocycles. The number of nitrogens with zero attached hydrogens (tertiary/aromatic N) is 3. The van der Waals surface area contributed by atoms with Crippen molar-refractivity contribution in [1.29, 1.82) is 0 Å². The lowest BCUT2D eigenvalue weighted by molar-refractivity contribution is 0.0834. The second-order valence-electron chi connectivity index (χ2n) is 9.41. The van der Waals surface area contributed by atoms with E-state index in [1.54, 1.807) is 38.1 Å². The molecule has 0 saturated carbocycles. The summed E-state index contributed by atoms with van der Waals surface area (Å²) in [7, 11) is -3.75. The third-order valence-electron chi connectivity index (χ3n) is 5.05. The molecule has 1 N–H and O–H groups in total. The quantitative estimate of drug-likeness (QED) is 0.445. The van der Waals surface area contributed by atoms with Gasteiger partial charge >= 0.3 is 16.0 Å². The van der Waals surface area contributed by atoms with Gasteiger partial charge in [0, 0.05) is 17.5 Å². The number of hydrogen-bond acceptors (Lipinski definition) is 7. The molecule has 0 saturated heterocycles. The van der Waals surface area contributed by atoms with Crippen LogP contribution in [0.4, 0.5) is 5.69 Å². The lowest BCUT2D eigenvalue weighted by Gasteiger charge is -2.31. The van der Waals surface area contributed by atoms with Crippen LogP contribution >= 0.6 is 23.2 Å². The summed E-state index contributed by atoms with van der Waals surface area (Å²) in [5.41, 5.74) is 0.615. The van der Waals surface area contributed by atoms with E-state index in [1.807, 2.05) is 20.8 Å². The Morgan fingerprint density at radius 3 is 2.39 bits per heavy atom. The molecule has 0 spiro atoms. The van der Waals surface area contributed by atoms with Crippen LogP contribution in [0.15, 0.2) is 45.6 Å². The van der Waals surface area contributed by atoms with E-state index in [-0.39, 0.29) is 16.7 Å². The van der Waals surface area contributed by atoms with Gasteiger partial charge in [-0.1, -0.05) is 62.0 Å². The second-order valence-corrected chi connectivity index (χ2v) is 11.8. The van der Waals surface area contributed by atoms with Crippen LogP contribution in [0.1, 0.15) is 50.9 Å². The largest absolute Gasteiger partial charge is 0.479 e. The summed E-state index contributed by atoms with van der Waals surface area (Å²) in [5.74, 6) is 1.82. The number of hydrogen-bond donors (Lipinski definition) is 1. The zero-order valence-electron chi connectivity index (χ0n) is 21.3. The summed E-state index contributed by atoms with van der Waals surface area (Å²) >= 11 is 12.2. The Balaban J connectivity index is 0.000000221. The molecular formula is C25H26Cl2N4O6S. The third-order valence-corrected chi connectivity index (χ3v) is 7.24. The van der Waals surface area contributed by atoms with Crippen molar-refractivity contribution in [3.05, 3.63) is 68.4 Å². The molecule has 2 heterocycles. The van der Waals surface area contributed by atoms with Gasteiger partial charge in [0.15, 0.2) is 0 Å². The van der Waals surface area contributed by atoms with Crippen LogP contribution in [0.5, 0.6) is 5.75 Å². The van der Waals surface area contributed by atoms with Gasteiger partial charge in [-0.2, -0.15) is 13.1 Å². The summed E-state index contributed by atoms with van der Waals surface area (Å²) in [4.78, 5) is 24.0. The lowest BCUT2D eigenvalue weighted by atomic mass is 9.97. The van der Waals surface area contributed by atoms with Crippen LogP contribution in [-0.4, -0.2) is 41.1 Å². The van der Waals surface area contributed by atoms with Crippen molar-refractivity contribution < 1.29 is 22.4 Å². The highest BCUT2D eigenvalue weighted by Crippen LogP contribution is 2.33. The van der Waals surface area contributed by atoms with Crippen LogP contribution in [0, 0.1) is 12.3 Å². The first-order chi connectivity index (χ1) is 17.7. The van der Waals surface area contributed by atoms with E-state index in [2.05, 4.69) is 15.7 Å². The van der Waals surface area contributed by atoms with Crippen LogP contribution in [-0.2, 0) is 15.6 Å². The Bertz CT molecular complexity index is 1570. The first-order valence-electron chi connectivity index (χ1n) is 11.3. The summed E-state index contributed by atoms with van der Waals surface area (Å²) < 4.78 is 38.4. The molecule has 0 radical (unpaired) electrons. The van der Waals surface area contributed by atoms with E-state index in [9.17, 15) is 18.0 Å². The number of nitrogens with one attached hydrogen (secondary N) is 1. The predicted molar refractivity (Wildman–Crippen MR) is 145 cm³/mol. The molecule has 3 aromatic rings. The van der Waals surface area contributed by atoms with Gasteiger partial charge in [0.25, 0.3) is 5.91 Å². The third kappa shape index (κ3) is 6.15. The van der Waals surface area contributed by atoms with Crippen molar-refractivity contribution in [2.45, 2.75) is 46.1 Å². The summed E-state index contributed by atoms with van der Waals surface area (Å²) in [6.07, 6.45) is 5.15. The lowest BCUT2D eigenvalue weighted by Crippen LogP contribution is -2.48. The van der Waals surface area contributed by atoms with Crippen LogP contribution < -0.4 is 15.2 Å². The molecule has 38 heavy (non-hydrogen) atoms. The Morgan fingerprint density at radius 1 is 1.16 bits per heavy atom. The monoisotopic (exact) mass is 580 g/mol. The van der Waals surface area contributed by atoms with E-state index in [4.69, 9.17) is 38.8 Å². The number of ether oxygens (including phenoxy) is 1. The minimum atomic E-state index is -3.75. The standard InChI is InChI=1S/C15H14Cl2N2O3.C10H12N2O3S/c1-5-6-21-12-8-11(9(16)7-10(12)17)19-14(20)22-13(18-19)15(2,3)4;1-7(2)12-10(13)8-5-3-4-6-9(8)11-16(12,14)15/h1,7-8H,6H2,2-4H3;3-7,11H,1-2H3. The molecule has 0 bridgehead atoms. The fourth-order valence-corrected chi connectivity index (χ4v) is 5.27. The Kier molecular flexibility index (Phi) is 8.51. The van der Waals surface area contributed by atoms with Crippen LogP contribution in [0.2, 0.25) is 10.0 Å². The Hall–Kier alpha value is -3.46. The fraction of sp³-hybridized carbons (Fsp3) is 0.320. The van der Waals surface area contributed by atoms with Crippen molar-refractivity contribution in [3.8, 4) is 23.8 Å². The van der Waals surface area contributed by atoms with Crippen molar-refractivity contribution >= 4 is 45.0 Å². The number of terminal acetylenes is 1. The molecule has 0 aliphatic carbocycles. The second kappa shape index (κ2) is 11.1. The van der Waals surface area contributed by atoms with E-state index in [1.165, 1.54) is 12.1 Å². The average molecular weight is 581 g/mol. The molecule has 1 amide bonds. The molecule has 0 atom stereocenters. The number of para-hydroxylation sites is 1. The van der Waals surface area contributed by atoms with Crippen molar-refractivity contribution in [1.82, 2.24) is 14.1 Å². The maximum absolute atomic E-state index is 12.0. The number of halogens is 2. The van der Waals surface area contributed by atoms with E-state index in [0.717, 1.165) is 8.99 Å². The predicted octanol–water partition coefficient (Wildman–Crippen LogP) is 4.65. The summed E-state index contributed by atoms with van der Waals surface area (Å²) in [6.45, 7) is 9.01. The first kappa shape index (κ1) is 29.1. The number of anilines is 1. The van der Waals surface area contributed by atoms with Gasteiger partial charge in [-0.25, -0.2) is 9.10 Å². The minimum Gasteiger partial charge on any atom is -0.479 e. The topological polar surface area (TPSA) is 124 Å². The molecule has 202 valence electrons. The smallest absolute Gasteiger partial charge is 0.442 e. The van der Waals surface area contributed by atoms with Gasteiger partial charge in [0.1, 0.15) is 12.4 Å². The number of amides is 1. The highest BCUT2D eigenvalue weighted by atomic mass is 35.5. The first-order valence-corrected chi connectivity index (χ1v) is 13.5. The highest BCUT2D eigenvalue weighted by molar-refractivity contribution is 7.91. The maximum Gasteiger partial charge on any atom is 0.442 e. The molecule has 1 aliphatic heterocycles. The maximum atomic E-state index is 12.0. The Morgan fingerprint density at radius 2 is 1.82 bits per heavy atom. The minimum absolute atomic E-state index is 0.0434. The van der Waals surface area contributed by atoms with Crippen LogP contribution in [0.3, 0.4) is 0 Å². The zero-order valence-corrected chi connectivity index (χ0v) is 23.6. The van der Waals surface area contributed by atoms with Gasteiger partial charge in [-0.3, -0.25) is 9.52 Å². The molecule has 13 heteroatoms. The van der Waals surface area contributed by atoms with Gasteiger partial charge in [0.2, 0.25) is 5.89 Å². The van der Waals surface area contributed by atoms with E-state index >= 15 is 0 Å². The summed E-state index contributed by atoms with van der Waals surface area (Å²) in [6, 6.07) is 9.12. The zero-order chi connectivity index (χ0) is 28.4. The number of fused-ring (bicyclic) bond motifs is 1. The molecule has 2 aromatic carbocycles. The van der Waals surface area contributed by atoms with E-state index in [0.29, 0.717) is 28.6 Å². The number of carbonyl (C=O) groups is 1. The molecule has 1 aliphatic rings. The van der Waals surface area contributed by atoms with Gasteiger partial charge in [-0.05, 0) is 32.0 Å². The molecule has 4 rings (SSSR count). The van der Waals surface area contributed by atoms with Crippen molar-refractivity contribution in [2.75, 3.05) is 11.3 Å². The molecule has 0 fully saturated rings. The molecule has 10 nitrogen and oxygen atoms in total.